The fourth-order valence-corrected chi connectivity index (χ4v) is 4.81. The van der Waals surface area contributed by atoms with Crippen LogP contribution in [0.25, 0.3) is 11.0 Å². The molecule has 0 saturated carbocycles. The first-order valence-electron chi connectivity index (χ1n) is 12.8. The summed E-state index contributed by atoms with van der Waals surface area (Å²) in [6.45, 7) is 5.13. The van der Waals surface area contributed by atoms with E-state index in [0.29, 0.717) is 33.8 Å². The van der Waals surface area contributed by atoms with Crippen LogP contribution < -0.4 is 11.1 Å². The molecule has 0 bridgehead atoms. The second kappa shape index (κ2) is 10.6. The Balaban J connectivity index is 1.44. The van der Waals surface area contributed by atoms with Gasteiger partial charge in [0.25, 0.3) is 5.91 Å². The van der Waals surface area contributed by atoms with Gasteiger partial charge in [0.1, 0.15) is 17.8 Å². The van der Waals surface area contributed by atoms with Gasteiger partial charge in [-0.1, -0.05) is 18.1 Å². The lowest BCUT2D eigenvalue weighted by molar-refractivity contribution is -0.138. The molecule has 0 spiro atoms. The SMILES string of the molecule is Cc1ccc(NC(=O)c2ccc(C)c(C(F)(F)F)c2)cc1C#Cc1nn(C2CCN(C)CC2)c2ncnc(N)c12. The van der Waals surface area contributed by atoms with Gasteiger partial charge in [-0.05, 0) is 88.1 Å². The summed E-state index contributed by atoms with van der Waals surface area (Å²) in [4.78, 5) is 23.6. The number of rotatable bonds is 3. The second-order valence-electron chi connectivity index (χ2n) is 10.0. The number of carbonyl (C=O) groups excluding carboxylic acids is 1. The highest BCUT2D eigenvalue weighted by atomic mass is 19.4. The zero-order chi connectivity index (χ0) is 28.6. The molecule has 2 aromatic carbocycles. The average molecular weight is 548 g/mol. The van der Waals surface area contributed by atoms with Gasteiger partial charge in [0.05, 0.1) is 17.0 Å². The van der Waals surface area contributed by atoms with E-state index in [1.54, 1.807) is 18.2 Å². The van der Waals surface area contributed by atoms with Gasteiger partial charge in [0.2, 0.25) is 0 Å². The molecule has 3 N–H and O–H groups in total. The molecular formula is C29H28F3N7O. The lowest BCUT2D eigenvalue weighted by Crippen LogP contribution is -2.32. The van der Waals surface area contributed by atoms with Crippen LogP contribution in [-0.2, 0) is 6.18 Å². The fraction of sp³-hybridized carbons (Fsp3) is 0.310. The van der Waals surface area contributed by atoms with Crippen molar-refractivity contribution in [2.45, 2.75) is 38.9 Å². The summed E-state index contributed by atoms with van der Waals surface area (Å²) >= 11 is 0. The number of hydrogen-bond donors (Lipinski definition) is 2. The summed E-state index contributed by atoms with van der Waals surface area (Å²) in [6.07, 6.45) is -1.28. The van der Waals surface area contributed by atoms with E-state index in [9.17, 15) is 18.0 Å². The average Bonchev–Trinajstić information content (AvgIpc) is 3.29. The number of piperidine rings is 1. The van der Waals surface area contributed by atoms with Crippen LogP contribution in [0.2, 0.25) is 0 Å². The Kier molecular flexibility index (Phi) is 7.21. The molecular weight excluding hydrogens is 519 g/mol. The van der Waals surface area contributed by atoms with Crippen LogP contribution in [-0.4, -0.2) is 50.7 Å². The van der Waals surface area contributed by atoms with Gasteiger partial charge in [-0.3, -0.25) is 4.79 Å². The summed E-state index contributed by atoms with van der Waals surface area (Å²) in [6, 6.07) is 8.81. The van der Waals surface area contributed by atoms with Gasteiger partial charge in [-0.2, -0.15) is 18.3 Å². The standard InChI is InChI=1S/C29H28F3N7O/c1-17-5-8-21(36-28(40)20-6-4-18(2)23(15-20)29(30,31)32)14-19(17)7-9-24-25-26(33)34-16-35-27(25)39(37-24)22-10-12-38(3)13-11-22/h4-6,8,14-16,22H,10-13H2,1-3H3,(H,36,40)(H2,33,34,35). The van der Waals surface area contributed by atoms with Gasteiger partial charge in [-0.15, -0.1) is 0 Å². The number of fused-ring (bicyclic) bond motifs is 1. The van der Waals surface area contributed by atoms with Crippen LogP contribution in [0.15, 0.2) is 42.7 Å². The van der Waals surface area contributed by atoms with Gasteiger partial charge in [0, 0.05) is 16.8 Å². The Hall–Kier alpha value is -4.43. The van der Waals surface area contributed by atoms with E-state index in [-0.39, 0.29) is 17.2 Å². The summed E-state index contributed by atoms with van der Waals surface area (Å²) < 4.78 is 41.8. The van der Waals surface area contributed by atoms with Crippen molar-refractivity contribution in [2.75, 3.05) is 31.2 Å². The lowest BCUT2D eigenvalue weighted by atomic mass is 10.0. The van der Waals surface area contributed by atoms with Crippen molar-refractivity contribution < 1.29 is 18.0 Å². The normalized spacial score (nSPS) is 14.7. The molecule has 0 atom stereocenters. The predicted molar refractivity (Wildman–Crippen MR) is 147 cm³/mol. The molecule has 1 aliphatic heterocycles. The molecule has 0 unspecified atom stereocenters. The number of aromatic nitrogens is 4. The van der Waals surface area contributed by atoms with Gasteiger partial charge in [0.15, 0.2) is 5.65 Å². The summed E-state index contributed by atoms with van der Waals surface area (Å²) in [5, 5.41) is 8.04. The Morgan fingerprint density at radius 1 is 1.05 bits per heavy atom. The minimum absolute atomic E-state index is 0.0498. The molecule has 5 rings (SSSR count). The number of aryl methyl sites for hydroxylation is 2. The van der Waals surface area contributed by atoms with Crippen molar-refractivity contribution in [3.63, 3.8) is 0 Å². The number of carbonyl (C=O) groups is 1. The largest absolute Gasteiger partial charge is 0.416 e. The molecule has 0 radical (unpaired) electrons. The highest BCUT2D eigenvalue weighted by molar-refractivity contribution is 6.04. The minimum atomic E-state index is -4.55. The second-order valence-corrected chi connectivity index (χ2v) is 10.0. The summed E-state index contributed by atoms with van der Waals surface area (Å²) in [5.74, 6) is 5.87. The van der Waals surface area contributed by atoms with Crippen LogP contribution in [0.3, 0.4) is 0 Å². The number of nitrogens with two attached hydrogens (primary N) is 1. The van der Waals surface area contributed by atoms with Crippen LogP contribution in [0.5, 0.6) is 0 Å². The maximum atomic E-state index is 13.3. The van der Waals surface area contributed by atoms with E-state index < -0.39 is 17.6 Å². The third-order valence-corrected chi connectivity index (χ3v) is 7.17. The van der Waals surface area contributed by atoms with E-state index >= 15 is 0 Å². The first kappa shape index (κ1) is 27.1. The number of hydrogen-bond acceptors (Lipinski definition) is 6. The molecule has 1 amide bonds. The molecule has 4 aromatic rings. The maximum Gasteiger partial charge on any atom is 0.416 e. The molecule has 206 valence electrons. The first-order chi connectivity index (χ1) is 19.0. The Morgan fingerprint density at radius 3 is 2.50 bits per heavy atom. The highest BCUT2D eigenvalue weighted by Gasteiger charge is 2.33. The van der Waals surface area contributed by atoms with Crippen LogP contribution in [0, 0.1) is 25.7 Å². The predicted octanol–water partition coefficient (Wildman–Crippen LogP) is 4.96. The Bertz CT molecular complexity index is 1660. The van der Waals surface area contributed by atoms with Crippen molar-refractivity contribution >= 4 is 28.4 Å². The third-order valence-electron chi connectivity index (χ3n) is 7.17. The number of nitrogens with zero attached hydrogens (tertiary/aromatic N) is 5. The number of anilines is 2. The van der Waals surface area contributed by atoms with Crippen LogP contribution in [0.4, 0.5) is 24.7 Å². The monoisotopic (exact) mass is 547 g/mol. The zero-order valence-electron chi connectivity index (χ0n) is 22.3. The third kappa shape index (κ3) is 5.49. The van der Waals surface area contributed by atoms with Gasteiger partial charge < -0.3 is 16.0 Å². The quantitative estimate of drug-likeness (QED) is 0.352. The van der Waals surface area contributed by atoms with E-state index in [1.165, 1.54) is 25.4 Å². The van der Waals surface area contributed by atoms with Crippen molar-refractivity contribution in [2.24, 2.45) is 0 Å². The van der Waals surface area contributed by atoms with Crippen molar-refractivity contribution in [3.05, 3.63) is 76.2 Å². The number of alkyl halides is 3. The summed E-state index contributed by atoms with van der Waals surface area (Å²) in [5.41, 5.74) is 8.29. The van der Waals surface area contributed by atoms with Gasteiger partial charge in [-0.25, -0.2) is 14.6 Å². The van der Waals surface area contributed by atoms with Crippen LogP contribution in [0.1, 0.15) is 57.2 Å². The molecule has 1 saturated heterocycles. The fourth-order valence-electron chi connectivity index (χ4n) is 4.81. The number of nitrogens with one attached hydrogen (secondary N) is 1. The van der Waals surface area contributed by atoms with Crippen LogP contribution >= 0.6 is 0 Å². The van der Waals surface area contributed by atoms with Gasteiger partial charge >= 0.3 is 6.18 Å². The van der Waals surface area contributed by atoms with Crippen molar-refractivity contribution in [1.82, 2.24) is 24.6 Å². The highest BCUT2D eigenvalue weighted by Crippen LogP contribution is 2.33. The zero-order valence-corrected chi connectivity index (χ0v) is 22.3. The molecule has 11 heteroatoms. The topological polar surface area (TPSA) is 102 Å². The Labute approximate surface area is 229 Å². The number of likely N-dealkylation sites (tertiary alicyclic amines) is 1. The number of halogens is 3. The number of amides is 1. The smallest absolute Gasteiger partial charge is 0.383 e. The minimum Gasteiger partial charge on any atom is -0.383 e. The molecule has 2 aromatic heterocycles. The Morgan fingerprint density at radius 2 is 1.77 bits per heavy atom. The molecule has 1 fully saturated rings. The molecule has 40 heavy (non-hydrogen) atoms. The maximum absolute atomic E-state index is 13.3. The van der Waals surface area contributed by atoms with Crippen molar-refractivity contribution in [1.29, 1.82) is 0 Å². The summed E-state index contributed by atoms with van der Waals surface area (Å²) in [7, 11) is 2.09. The van der Waals surface area contributed by atoms with E-state index in [4.69, 9.17) is 10.8 Å². The molecule has 1 aliphatic rings. The van der Waals surface area contributed by atoms with E-state index in [0.717, 1.165) is 37.6 Å². The molecule has 3 heterocycles. The molecule has 8 nitrogen and oxygen atoms in total. The number of nitrogen functional groups attached to an aromatic ring is 1. The molecule has 0 aliphatic carbocycles. The number of benzene rings is 2. The first-order valence-corrected chi connectivity index (χ1v) is 12.8. The van der Waals surface area contributed by atoms with E-state index in [2.05, 4.69) is 39.1 Å². The van der Waals surface area contributed by atoms with Crippen molar-refractivity contribution in [3.8, 4) is 11.8 Å². The lowest BCUT2D eigenvalue weighted by Gasteiger charge is -2.29. The van der Waals surface area contributed by atoms with E-state index in [1.807, 2.05) is 11.6 Å².